The molecule has 1 amide bonds. The molecule has 2 aliphatic heterocycles. The van der Waals surface area contributed by atoms with Crippen LogP contribution in [-0.2, 0) is 0 Å². The van der Waals surface area contributed by atoms with E-state index in [4.69, 9.17) is 10.5 Å². The van der Waals surface area contributed by atoms with Crippen LogP contribution in [0.5, 0.6) is 5.75 Å². The summed E-state index contributed by atoms with van der Waals surface area (Å²) >= 11 is 0. The number of benzene rings is 2. The number of amides is 1. The number of nitrogens with two attached hydrogens (primary N) is 1. The van der Waals surface area contributed by atoms with Crippen molar-refractivity contribution in [1.29, 1.82) is 5.26 Å². The number of hydrogen-bond acceptors (Lipinski definition) is 8. The fraction of sp³-hybridized carbons (Fsp3) is 0.207. The maximum absolute atomic E-state index is 16.6. The number of pyridine rings is 1. The van der Waals surface area contributed by atoms with Gasteiger partial charge < -0.3 is 20.7 Å². The van der Waals surface area contributed by atoms with Gasteiger partial charge in [0.25, 0.3) is 5.91 Å². The molecule has 0 radical (unpaired) electrons. The van der Waals surface area contributed by atoms with E-state index < -0.39 is 17.5 Å². The van der Waals surface area contributed by atoms with Crippen LogP contribution in [0.1, 0.15) is 22.5 Å². The predicted molar refractivity (Wildman–Crippen MR) is 143 cm³/mol. The highest BCUT2D eigenvalue weighted by Crippen LogP contribution is 2.43. The van der Waals surface area contributed by atoms with Crippen LogP contribution in [0.15, 0.2) is 55.0 Å². The Morgan fingerprint density at radius 2 is 1.98 bits per heavy atom. The smallest absolute Gasteiger partial charge is 0.268 e. The van der Waals surface area contributed by atoms with E-state index in [1.165, 1.54) is 37.8 Å². The first-order valence-corrected chi connectivity index (χ1v) is 12.6. The summed E-state index contributed by atoms with van der Waals surface area (Å²) in [5.41, 5.74) is 7.23. The van der Waals surface area contributed by atoms with Gasteiger partial charge in [-0.05, 0) is 24.6 Å². The van der Waals surface area contributed by atoms with Crippen molar-refractivity contribution in [2.45, 2.75) is 18.5 Å². The van der Waals surface area contributed by atoms with E-state index in [1.54, 1.807) is 24.3 Å². The number of piperazine rings is 1. The van der Waals surface area contributed by atoms with Crippen LogP contribution in [0.3, 0.4) is 0 Å². The predicted octanol–water partition coefficient (Wildman–Crippen LogP) is 3.68. The Labute approximate surface area is 228 Å². The number of carbonyl (C=O) groups excluding carboxylic acids is 1. The third-order valence-corrected chi connectivity index (χ3v) is 7.42. The number of anilines is 1. The largest absolute Gasteiger partial charge is 0.496 e. The lowest BCUT2D eigenvalue weighted by molar-refractivity contribution is 0.0996. The molecule has 2 bridgehead atoms. The summed E-state index contributed by atoms with van der Waals surface area (Å²) in [6, 6.07) is 11.4. The van der Waals surface area contributed by atoms with E-state index >= 15 is 4.39 Å². The van der Waals surface area contributed by atoms with E-state index in [0.717, 1.165) is 6.42 Å². The number of nitriles is 1. The van der Waals surface area contributed by atoms with Gasteiger partial charge in [0, 0.05) is 66.0 Å². The third kappa shape index (κ3) is 4.10. The van der Waals surface area contributed by atoms with E-state index in [-0.39, 0.29) is 57.3 Å². The zero-order valence-corrected chi connectivity index (χ0v) is 21.4. The quantitative estimate of drug-likeness (QED) is 0.380. The highest BCUT2D eigenvalue weighted by molar-refractivity contribution is 6.00. The molecule has 6 rings (SSSR count). The molecule has 4 heterocycles. The van der Waals surface area contributed by atoms with E-state index in [1.807, 2.05) is 4.90 Å². The van der Waals surface area contributed by atoms with Crippen molar-refractivity contribution in [1.82, 2.24) is 20.3 Å². The number of halogens is 2. The van der Waals surface area contributed by atoms with E-state index in [2.05, 4.69) is 26.3 Å². The van der Waals surface area contributed by atoms with Gasteiger partial charge in [-0.25, -0.2) is 18.7 Å². The molecule has 4 aromatic rings. The van der Waals surface area contributed by atoms with Crippen LogP contribution >= 0.6 is 0 Å². The van der Waals surface area contributed by atoms with Gasteiger partial charge in [-0.15, -0.1) is 0 Å². The molecule has 2 fully saturated rings. The SMILES string of the molecule is COc1cccc(F)c1-c1ncc(-c2ccc(-c3ccncc3C#N)c(F)c2N2C[C@@H]3C[C@H]2CN3)c(C(N)=O)n1. The molecule has 0 saturated carbocycles. The summed E-state index contributed by atoms with van der Waals surface area (Å²) in [6.07, 6.45) is 5.08. The van der Waals surface area contributed by atoms with Crippen molar-refractivity contribution in [3.8, 4) is 45.5 Å². The highest BCUT2D eigenvalue weighted by Gasteiger charge is 2.40. The molecule has 2 atom stereocenters. The van der Waals surface area contributed by atoms with Gasteiger partial charge in [-0.3, -0.25) is 9.78 Å². The Bertz CT molecular complexity index is 1700. The molecule has 2 aliphatic rings. The van der Waals surface area contributed by atoms with Crippen molar-refractivity contribution < 1.29 is 18.3 Å². The first-order valence-electron chi connectivity index (χ1n) is 12.6. The summed E-state index contributed by atoms with van der Waals surface area (Å²) in [4.78, 5) is 27.3. The minimum absolute atomic E-state index is 0.0227. The number of aromatic nitrogens is 3. The van der Waals surface area contributed by atoms with E-state index in [0.29, 0.717) is 24.2 Å². The van der Waals surface area contributed by atoms with Crippen molar-refractivity contribution in [2.24, 2.45) is 5.73 Å². The second-order valence-electron chi connectivity index (χ2n) is 9.64. The first kappa shape index (κ1) is 25.3. The van der Waals surface area contributed by atoms with Gasteiger partial charge in [0.15, 0.2) is 11.6 Å². The number of nitrogens with zero attached hydrogens (tertiary/aromatic N) is 5. The second kappa shape index (κ2) is 9.98. The van der Waals surface area contributed by atoms with Crippen LogP contribution in [0.2, 0.25) is 0 Å². The Kier molecular flexibility index (Phi) is 6.32. The fourth-order valence-electron chi connectivity index (χ4n) is 5.60. The Balaban J connectivity index is 1.57. The lowest BCUT2D eigenvalue weighted by Gasteiger charge is -2.32. The second-order valence-corrected chi connectivity index (χ2v) is 9.64. The first-order chi connectivity index (χ1) is 19.4. The molecule has 11 heteroatoms. The molecule has 0 unspecified atom stereocenters. The molecular weight excluding hydrogens is 516 g/mol. The Morgan fingerprint density at radius 1 is 1.15 bits per heavy atom. The van der Waals surface area contributed by atoms with Gasteiger partial charge in [-0.1, -0.05) is 18.2 Å². The molecule has 2 aromatic heterocycles. The standard InChI is InChI=1S/C29H23F2N7O2/c1-40-23-4-2-3-22(30)24(23)29-36-13-21(26(37-29)28(33)39)20-6-5-19(18-7-8-34-11-15(18)10-32)25(31)27(20)38-14-16-9-17(38)12-35-16/h2-8,11,13,16-17,35H,9,12,14H2,1H3,(H2,33,39)/t16-,17-/m0/s1. The van der Waals surface area contributed by atoms with Crippen LogP contribution in [0.25, 0.3) is 33.6 Å². The average Bonchev–Trinajstić information content (AvgIpc) is 3.60. The van der Waals surface area contributed by atoms with Gasteiger partial charge in [0.05, 0.1) is 23.9 Å². The topological polar surface area (TPSA) is 130 Å². The number of hydrogen-bond donors (Lipinski definition) is 2. The van der Waals surface area contributed by atoms with Crippen molar-refractivity contribution >= 4 is 11.6 Å². The Morgan fingerprint density at radius 3 is 2.67 bits per heavy atom. The highest BCUT2D eigenvalue weighted by atomic mass is 19.1. The van der Waals surface area contributed by atoms with Crippen molar-refractivity contribution in [2.75, 3.05) is 25.1 Å². The molecule has 40 heavy (non-hydrogen) atoms. The summed E-state index contributed by atoms with van der Waals surface area (Å²) in [7, 11) is 1.39. The molecule has 200 valence electrons. The fourth-order valence-corrected chi connectivity index (χ4v) is 5.60. The van der Waals surface area contributed by atoms with Gasteiger partial charge in [0.2, 0.25) is 0 Å². The normalized spacial score (nSPS) is 17.6. The molecule has 0 spiro atoms. The van der Waals surface area contributed by atoms with Crippen LogP contribution < -0.4 is 20.7 Å². The van der Waals surface area contributed by atoms with Gasteiger partial charge >= 0.3 is 0 Å². The van der Waals surface area contributed by atoms with Crippen LogP contribution in [0, 0.1) is 23.0 Å². The molecule has 2 saturated heterocycles. The number of fused-ring (bicyclic) bond motifs is 2. The van der Waals surface area contributed by atoms with Crippen LogP contribution in [-0.4, -0.2) is 53.1 Å². The van der Waals surface area contributed by atoms with Gasteiger partial charge in [0.1, 0.15) is 23.3 Å². The number of ether oxygens (including phenoxy) is 1. The zero-order chi connectivity index (χ0) is 28.0. The minimum Gasteiger partial charge on any atom is -0.496 e. The number of carbonyl (C=O) groups is 1. The lowest BCUT2D eigenvalue weighted by Crippen LogP contribution is -2.44. The Hall–Kier alpha value is -4.95. The average molecular weight is 540 g/mol. The maximum atomic E-state index is 16.6. The number of primary amides is 1. The molecule has 2 aromatic carbocycles. The maximum Gasteiger partial charge on any atom is 0.268 e. The van der Waals surface area contributed by atoms with Crippen LogP contribution in [0.4, 0.5) is 14.5 Å². The van der Waals surface area contributed by atoms with Gasteiger partial charge in [-0.2, -0.15) is 5.26 Å². The number of nitrogens with one attached hydrogen (secondary N) is 1. The summed E-state index contributed by atoms with van der Waals surface area (Å²) in [5, 5.41) is 13.0. The summed E-state index contributed by atoms with van der Waals surface area (Å²) in [6.45, 7) is 1.23. The summed E-state index contributed by atoms with van der Waals surface area (Å²) in [5.74, 6) is -1.97. The summed E-state index contributed by atoms with van der Waals surface area (Å²) < 4.78 is 36.7. The molecular formula is C29H23F2N7O2. The minimum atomic E-state index is -0.880. The van der Waals surface area contributed by atoms with E-state index in [9.17, 15) is 14.4 Å². The number of methoxy groups -OCH3 is 1. The van der Waals surface area contributed by atoms with Crippen molar-refractivity contribution in [3.05, 3.63) is 77.9 Å². The monoisotopic (exact) mass is 539 g/mol. The lowest BCUT2D eigenvalue weighted by atomic mass is 9.94. The third-order valence-electron chi connectivity index (χ3n) is 7.42. The number of rotatable bonds is 6. The van der Waals surface area contributed by atoms with Crippen molar-refractivity contribution in [3.63, 3.8) is 0 Å². The zero-order valence-electron chi connectivity index (χ0n) is 21.4. The molecule has 9 nitrogen and oxygen atoms in total. The molecule has 0 aliphatic carbocycles. The molecule has 3 N–H and O–H groups in total.